The minimum absolute atomic E-state index is 0.0153. The summed E-state index contributed by atoms with van der Waals surface area (Å²) in [5.41, 5.74) is 1.24. The van der Waals surface area contributed by atoms with Gasteiger partial charge in [-0.15, -0.1) is 0 Å². The zero-order valence-corrected chi connectivity index (χ0v) is 19.1. The minimum Gasteiger partial charge on any atom is -0.339 e. The largest absolute Gasteiger partial charge is 0.339 e. The Kier molecular flexibility index (Phi) is 7.26. The van der Waals surface area contributed by atoms with E-state index >= 15 is 0 Å². The highest BCUT2D eigenvalue weighted by Gasteiger charge is 2.31. The van der Waals surface area contributed by atoms with E-state index in [1.807, 2.05) is 42.3 Å². The molecule has 0 spiro atoms. The lowest BCUT2D eigenvalue weighted by molar-refractivity contribution is -0.133. The zero-order valence-electron chi connectivity index (χ0n) is 16.7. The summed E-state index contributed by atoms with van der Waals surface area (Å²) in [6.45, 7) is 2.00. The van der Waals surface area contributed by atoms with Crippen LogP contribution in [0.25, 0.3) is 0 Å². The average Bonchev–Trinajstić information content (AvgIpc) is 2.75. The maximum absolute atomic E-state index is 12.9. The van der Waals surface area contributed by atoms with E-state index in [1.165, 1.54) is 16.4 Å². The van der Waals surface area contributed by atoms with Gasteiger partial charge in [0.25, 0.3) is 0 Å². The molecule has 2 aromatic rings. The van der Waals surface area contributed by atoms with Gasteiger partial charge in [-0.25, -0.2) is 8.42 Å². The molecule has 0 unspecified atom stereocenters. The Balaban J connectivity index is 1.56. The summed E-state index contributed by atoms with van der Waals surface area (Å²) in [5, 5.41) is 9.21. The Hall–Kier alpha value is -2.25. The monoisotopic (exact) mass is 490 g/mol. The number of hydrogen-bond donors (Lipinski definition) is 0. The molecule has 0 radical (unpaired) electrons. The first kappa shape index (κ1) is 22.4. The molecule has 2 aromatic carbocycles. The molecular formula is C21H23BrN4O3S. The van der Waals surface area contributed by atoms with E-state index in [-0.39, 0.29) is 36.0 Å². The Labute approximate surface area is 185 Å². The summed E-state index contributed by atoms with van der Waals surface area (Å²) < 4.78 is 28.2. The van der Waals surface area contributed by atoms with Crippen molar-refractivity contribution in [2.24, 2.45) is 0 Å². The number of likely N-dealkylation sites (N-methyl/N-ethyl adjacent to an activating group) is 1. The van der Waals surface area contributed by atoms with Gasteiger partial charge in [0, 0.05) is 37.2 Å². The number of amides is 1. The second-order valence-electron chi connectivity index (χ2n) is 7.19. The average molecular weight is 491 g/mol. The van der Waals surface area contributed by atoms with Gasteiger partial charge in [0.2, 0.25) is 15.9 Å². The SMILES string of the molecule is CN(CC(=O)N1CCN(S(=O)(=O)c2ccccc2C#N)CC1)Cc1ccc(Br)cc1. The lowest BCUT2D eigenvalue weighted by Crippen LogP contribution is -2.52. The van der Waals surface area contributed by atoms with Crippen LogP contribution < -0.4 is 0 Å². The molecule has 1 amide bonds. The number of hydrogen-bond acceptors (Lipinski definition) is 5. The quantitative estimate of drug-likeness (QED) is 0.619. The van der Waals surface area contributed by atoms with Crippen molar-refractivity contribution in [2.45, 2.75) is 11.4 Å². The molecule has 0 aliphatic carbocycles. The van der Waals surface area contributed by atoms with Crippen molar-refractivity contribution < 1.29 is 13.2 Å². The molecule has 0 N–H and O–H groups in total. The molecule has 0 atom stereocenters. The van der Waals surface area contributed by atoms with E-state index in [1.54, 1.807) is 17.0 Å². The fraction of sp³-hybridized carbons (Fsp3) is 0.333. The molecule has 1 aliphatic rings. The number of piperazine rings is 1. The van der Waals surface area contributed by atoms with Crippen LogP contribution in [-0.4, -0.2) is 68.2 Å². The summed E-state index contributed by atoms with van der Waals surface area (Å²) in [4.78, 5) is 16.3. The molecule has 3 rings (SSSR count). The number of nitriles is 1. The van der Waals surface area contributed by atoms with Crippen LogP contribution in [0.3, 0.4) is 0 Å². The van der Waals surface area contributed by atoms with Gasteiger partial charge in [-0.3, -0.25) is 9.69 Å². The molecule has 0 aromatic heterocycles. The predicted octanol–water partition coefficient (Wildman–Crippen LogP) is 2.29. The summed E-state index contributed by atoms with van der Waals surface area (Å²) >= 11 is 3.41. The summed E-state index contributed by atoms with van der Waals surface area (Å²) in [7, 11) is -1.87. The van der Waals surface area contributed by atoms with E-state index in [2.05, 4.69) is 15.9 Å². The van der Waals surface area contributed by atoms with Crippen molar-refractivity contribution in [2.75, 3.05) is 39.8 Å². The second kappa shape index (κ2) is 9.71. The van der Waals surface area contributed by atoms with Crippen LogP contribution in [-0.2, 0) is 21.4 Å². The zero-order chi connectivity index (χ0) is 21.7. The first-order chi connectivity index (χ1) is 14.3. The normalized spacial score (nSPS) is 15.2. The van der Waals surface area contributed by atoms with Crippen LogP contribution in [0.5, 0.6) is 0 Å². The molecule has 30 heavy (non-hydrogen) atoms. The molecule has 1 fully saturated rings. The van der Waals surface area contributed by atoms with Crippen molar-refractivity contribution in [3.63, 3.8) is 0 Å². The van der Waals surface area contributed by atoms with Gasteiger partial charge in [0.05, 0.1) is 17.0 Å². The highest BCUT2D eigenvalue weighted by Crippen LogP contribution is 2.21. The minimum atomic E-state index is -3.76. The summed E-state index contributed by atoms with van der Waals surface area (Å²) in [6.07, 6.45) is 0. The lowest BCUT2D eigenvalue weighted by Gasteiger charge is -2.35. The van der Waals surface area contributed by atoms with E-state index < -0.39 is 10.0 Å². The third kappa shape index (κ3) is 5.26. The van der Waals surface area contributed by atoms with Crippen LogP contribution in [0.1, 0.15) is 11.1 Å². The molecule has 1 heterocycles. The number of carbonyl (C=O) groups is 1. The molecule has 0 saturated carbocycles. The standard InChI is InChI=1S/C21H23BrN4O3S/c1-24(15-17-6-8-19(22)9-7-17)16-21(27)25-10-12-26(13-11-25)30(28,29)20-5-3-2-4-18(20)14-23/h2-9H,10-13,15-16H2,1H3. The van der Waals surface area contributed by atoms with Gasteiger partial charge >= 0.3 is 0 Å². The van der Waals surface area contributed by atoms with Crippen molar-refractivity contribution in [1.82, 2.24) is 14.1 Å². The smallest absolute Gasteiger partial charge is 0.244 e. The van der Waals surface area contributed by atoms with Gasteiger partial charge in [0.15, 0.2) is 0 Å². The summed E-state index contributed by atoms with van der Waals surface area (Å²) in [6, 6.07) is 16.1. The van der Waals surface area contributed by atoms with Gasteiger partial charge in [0.1, 0.15) is 6.07 Å². The van der Waals surface area contributed by atoms with Crippen LogP contribution in [0.4, 0.5) is 0 Å². The second-order valence-corrected chi connectivity index (χ2v) is 10.0. The number of halogens is 1. The molecular weight excluding hydrogens is 468 g/mol. The number of carbonyl (C=O) groups excluding carboxylic acids is 1. The number of benzene rings is 2. The van der Waals surface area contributed by atoms with Gasteiger partial charge in [-0.2, -0.15) is 9.57 Å². The highest BCUT2D eigenvalue weighted by molar-refractivity contribution is 9.10. The molecule has 9 heteroatoms. The Morgan fingerprint density at radius 2 is 1.73 bits per heavy atom. The van der Waals surface area contributed by atoms with E-state index in [4.69, 9.17) is 0 Å². The topological polar surface area (TPSA) is 84.7 Å². The van der Waals surface area contributed by atoms with Crippen LogP contribution in [0.2, 0.25) is 0 Å². The van der Waals surface area contributed by atoms with E-state index in [0.717, 1.165) is 10.0 Å². The maximum atomic E-state index is 12.9. The maximum Gasteiger partial charge on any atom is 0.244 e. The molecule has 158 valence electrons. The molecule has 7 nitrogen and oxygen atoms in total. The van der Waals surface area contributed by atoms with E-state index in [0.29, 0.717) is 19.6 Å². The van der Waals surface area contributed by atoms with Crippen LogP contribution in [0.15, 0.2) is 57.9 Å². The Bertz CT molecular complexity index is 1040. The third-order valence-electron chi connectivity index (χ3n) is 4.99. The Morgan fingerprint density at radius 3 is 2.37 bits per heavy atom. The van der Waals surface area contributed by atoms with Crippen LogP contribution >= 0.6 is 15.9 Å². The van der Waals surface area contributed by atoms with E-state index in [9.17, 15) is 18.5 Å². The lowest BCUT2D eigenvalue weighted by atomic mass is 10.2. The molecule has 1 saturated heterocycles. The van der Waals surface area contributed by atoms with Crippen LogP contribution in [0, 0.1) is 11.3 Å². The third-order valence-corrected chi connectivity index (χ3v) is 7.47. The predicted molar refractivity (Wildman–Crippen MR) is 117 cm³/mol. The first-order valence-electron chi connectivity index (χ1n) is 9.51. The fourth-order valence-electron chi connectivity index (χ4n) is 3.39. The van der Waals surface area contributed by atoms with Gasteiger partial charge in [-0.05, 0) is 36.9 Å². The van der Waals surface area contributed by atoms with Gasteiger partial charge in [-0.1, -0.05) is 40.2 Å². The molecule has 0 bridgehead atoms. The molecule has 1 aliphatic heterocycles. The van der Waals surface area contributed by atoms with Gasteiger partial charge < -0.3 is 4.90 Å². The number of sulfonamides is 1. The first-order valence-corrected chi connectivity index (χ1v) is 11.7. The van der Waals surface area contributed by atoms with Crippen molar-refractivity contribution in [3.8, 4) is 6.07 Å². The van der Waals surface area contributed by atoms with Crippen molar-refractivity contribution >= 4 is 31.9 Å². The summed E-state index contributed by atoms with van der Waals surface area (Å²) in [5.74, 6) is -0.0240. The highest BCUT2D eigenvalue weighted by atomic mass is 79.9. The van der Waals surface area contributed by atoms with Crippen molar-refractivity contribution in [3.05, 3.63) is 64.1 Å². The number of nitrogens with zero attached hydrogens (tertiary/aromatic N) is 4. The Morgan fingerprint density at radius 1 is 1.10 bits per heavy atom. The fourth-order valence-corrected chi connectivity index (χ4v) is 5.22. The number of rotatable bonds is 6. The van der Waals surface area contributed by atoms with Crippen molar-refractivity contribution in [1.29, 1.82) is 5.26 Å².